The smallest absolute Gasteiger partial charge is 0.274 e. The number of thiophene rings is 1. The van der Waals surface area contributed by atoms with E-state index < -0.39 is 0 Å². The van der Waals surface area contributed by atoms with Crippen LogP contribution in [0.2, 0.25) is 5.02 Å². The average Bonchev–Trinajstić information content (AvgIpc) is 3.00. The Labute approximate surface area is 146 Å². The Kier molecular flexibility index (Phi) is 4.94. The molecule has 8 heteroatoms. The molecular weight excluding hydrogens is 348 g/mol. The van der Waals surface area contributed by atoms with Crippen molar-refractivity contribution in [2.24, 2.45) is 0 Å². The summed E-state index contributed by atoms with van der Waals surface area (Å²) in [7, 11) is 1.59. The molecule has 24 heavy (non-hydrogen) atoms. The molecule has 0 aliphatic rings. The number of aromatic amines is 1. The van der Waals surface area contributed by atoms with Gasteiger partial charge in [0.15, 0.2) is 12.4 Å². The van der Waals surface area contributed by atoms with Gasteiger partial charge in [-0.05, 0) is 17.7 Å². The summed E-state index contributed by atoms with van der Waals surface area (Å²) < 4.78 is 0. The zero-order valence-electron chi connectivity index (χ0n) is 12.9. The van der Waals surface area contributed by atoms with Crippen LogP contribution in [0.5, 0.6) is 0 Å². The normalized spacial score (nSPS) is 10.9. The van der Waals surface area contributed by atoms with E-state index >= 15 is 0 Å². The van der Waals surface area contributed by atoms with Gasteiger partial charge in [-0.3, -0.25) is 9.59 Å². The van der Waals surface area contributed by atoms with Crippen LogP contribution in [-0.2, 0) is 11.3 Å². The molecule has 0 bridgehead atoms. The molecule has 4 N–H and O–H groups in total. The average molecular weight is 364 g/mol. The van der Waals surface area contributed by atoms with Crippen LogP contribution in [0.15, 0.2) is 34.4 Å². The highest BCUT2D eigenvalue weighted by atomic mass is 35.5. The molecule has 0 saturated heterocycles. The minimum Gasteiger partial charge on any atom is -0.354 e. The summed E-state index contributed by atoms with van der Waals surface area (Å²) in [4.78, 5) is 31.7. The number of rotatable bonds is 5. The number of hydrogen-bond acceptors (Lipinski definition) is 4. The second-order valence-electron chi connectivity index (χ2n) is 5.22. The van der Waals surface area contributed by atoms with E-state index in [1.807, 2.05) is 17.5 Å². The Morgan fingerprint density at radius 2 is 2.12 bits per heavy atom. The molecule has 1 aromatic carbocycles. The van der Waals surface area contributed by atoms with E-state index in [0.29, 0.717) is 34.2 Å². The Hall–Kier alpha value is -2.22. The van der Waals surface area contributed by atoms with Crippen LogP contribution >= 0.6 is 22.9 Å². The first-order valence-electron chi connectivity index (χ1n) is 7.37. The molecule has 0 spiro atoms. The van der Waals surface area contributed by atoms with Crippen molar-refractivity contribution in [3.05, 3.63) is 50.8 Å². The number of hydrogen-bond donors (Lipinski definition) is 3. The summed E-state index contributed by atoms with van der Waals surface area (Å²) >= 11 is 7.34. The summed E-state index contributed by atoms with van der Waals surface area (Å²) in [6.07, 6.45) is 0. The third-order valence-electron chi connectivity index (χ3n) is 3.59. The highest BCUT2D eigenvalue weighted by molar-refractivity contribution is 7.17. The number of fused-ring (bicyclic) bond motifs is 1. The first-order valence-corrected chi connectivity index (χ1v) is 8.63. The van der Waals surface area contributed by atoms with Crippen molar-refractivity contribution >= 4 is 39.1 Å². The monoisotopic (exact) mass is 363 g/mol. The van der Waals surface area contributed by atoms with E-state index in [0.717, 1.165) is 11.1 Å². The molecule has 0 radical (unpaired) electrons. The van der Waals surface area contributed by atoms with Gasteiger partial charge in [0.05, 0.1) is 5.39 Å². The van der Waals surface area contributed by atoms with E-state index in [4.69, 9.17) is 11.6 Å². The minimum absolute atomic E-state index is 0.0698. The SMILES string of the molecule is CNC(=O)C[NH2+]Cc1nc2scc(-c3ccc(Cl)cc3)c2c(=O)[nH]1. The fourth-order valence-electron chi connectivity index (χ4n) is 2.37. The maximum absolute atomic E-state index is 12.5. The highest BCUT2D eigenvalue weighted by Gasteiger charge is 2.13. The molecule has 0 unspecified atom stereocenters. The van der Waals surface area contributed by atoms with E-state index in [2.05, 4.69) is 15.3 Å². The molecule has 124 valence electrons. The van der Waals surface area contributed by atoms with Crippen LogP contribution in [0.1, 0.15) is 5.82 Å². The summed E-state index contributed by atoms with van der Waals surface area (Å²) in [5, 5.41) is 7.49. The Balaban J connectivity index is 1.89. The predicted octanol–water partition coefficient (Wildman–Crippen LogP) is 1.11. The van der Waals surface area contributed by atoms with Crippen molar-refractivity contribution in [2.75, 3.05) is 13.6 Å². The van der Waals surface area contributed by atoms with Gasteiger partial charge in [-0.1, -0.05) is 23.7 Å². The molecule has 0 aliphatic heterocycles. The largest absolute Gasteiger partial charge is 0.354 e. The number of aromatic nitrogens is 2. The van der Waals surface area contributed by atoms with Crippen molar-refractivity contribution in [1.82, 2.24) is 15.3 Å². The van der Waals surface area contributed by atoms with Crippen LogP contribution in [0.4, 0.5) is 0 Å². The lowest BCUT2D eigenvalue weighted by Gasteiger charge is -2.02. The molecule has 0 atom stereocenters. The number of carbonyl (C=O) groups excluding carboxylic acids is 1. The number of amides is 1. The standard InChI is InChI=1S/C16H15ClN4O2S/c1-18-13(22)7-19-6-12-20-15(23)14-11(8-24-16(14)21-12)9-2-4-10(17)5-3-9/h2-5,8,19H,6-7H2,1H3,(H,18,22)(H,20,21,23)/p+1. The number of nitrogens with two attached hydrogens (primary N) is 1. The lowest BCUT2D eigenvalue weighted by atomic mass is 10.1. The second-order valence-corrected chi connectivity index (χ2v) is 6.51. The number of likely N-dealkylation sites (N-methyl/N-ethyl adjacent to an activating group) is 1. The summed E-state index contributed by atoms with van der Waals surface area (Å²) in [6.45, 7) is 0.728. The number of carbonyl (C=O) groups is 1. The first-order chi connectivity index (χ1) is 11.6. The van der Waals surface area contributed by atoms with Crippen molar-refractivity contribution in [3.8, 4) is 11.1 Å². The van der Waals surface area contributed by atoms with Gasteiger partial charge >= 0.3 is 0 Å². The van der Waals surface area contributed by atoms with Gasteiger partial charge in [0, 0.05) is 23.0 Å². The number of benzene rings is 1. The minimum atomic E-state index is -0.172. The summed E-state index contributed by atoms with van der Waals surface area (Å²) in [6, 6.07) is 7.36. The van der Waals surface area contributed by atoms with Crippen LogP contribution in [0, 0.1) is 0 Å². The fraction of sp³-hybridized carbons (Fsp3) is 0.188. The molecule has 0 fully saturated rings. The quantitative estimate of drug-likeness (QED) is 0.634. The Morgan fingerprint density at radius 3 is 2.83 bits per heavy atom. The third-order valence-corrected chi connectivity index (χ3v) is 4.72. The van der Waals surface area contributed by atoms with Crippen molar-refractivity contribution in [2.45, 2.75) is 6.54 Å². The highest BCUT2D eigenvalue weighted by Crippen LogP contribution is 2.31. The zero-order valence-corrected chi connectivity index (χ0v) is 14.5. The molecule has 2 aromatic heterocycles. The number of nitrogens with one attached hydrogen (secondary N) is 2. The van der Waals surface area contributed by atoms with Crippen LogP contribution in [0.3, 0.4) is 0 Å². The summed E-state index contributed by atoms with van der Waals surface area (Å²) in [5.74, 6) is 0.487. The van der Waals surface area contributed by atoms with E-state index in [1.165, 1.54) is 11.3 Å². The van der Waals surface area contributed by atoms with Gasteiger partial charge in [-0.15, -0.1) is 11.3 Å². The number of halogens is 1. The molecule has 2 heterocycles. The van der Waals surface area contributed by atoms with Crippen LogP contribution in [-0.4, -0.2) is 29.5 Å². The zero-order chi connectivity index (χ0) is 17.1. The maximum atomic E-state index is 12.5. The molecular formula is C16H16ClN4O2S+. The van der Waals surface area contributed by atoms with Crippen LogP contribution in [0.25, 0.3) is 21.3 Å². The van der Waals surface area contributed by atoms with E-state index in [-0.39, 0.29) is 11.5 Å². The van der Waals surface area contributed by atoms with Crippen molar-refractivity contribution in [1.29, 1.82) is 0 Å². The lowest BCUT2D eigenvalue weighted by Crippen LogP contribution is -2.85. The molecule has 0 aliphatic carbocycles. The van der Waals surface area contributed by atoms with Gasteiger partial charge in [0.1, 0.15) is 11.4 Å². The van der Waals surface area contributed by atoms with Gasteiger partial charge in [0.2, 0.25) is 0 Å². The maximum Gasteiger partial charge on any atom is 0.274 e. The van der Waals surface area contributed by atoms with Crippen LogP contribution < -0.4 is 16.2 Å². The number of quaternary nitrogens is 1. The van der Waals surface area contributed by atoms with Crippen molar-refractivity contribution < 1.29 is 10.1 Å². The molecule has 6 nitrogen and oxygen atoms in total. The fourth-order valence-corrected chi connectivity index (χ4v) is 3.47. The number of nitrogens with zero attached hydrogens (tertiary/aromatic N) is 1. The van der Waals surface area contributed by atoms with Gasteiger partial charge in [-0.2, -0.15) is 0 Å². The van der Waals surface area contributed by atoms with E-state index in [9.17, 15) is 9.59 Å². The van der Waals surface area contributed by atoms with Gasteiger partial charge in [0.25, 0.3) is 11.5 Å². The molecule has 3 rings (SSSR count). The third kappa shape index (κ3) is 3.48. The van der Waals surface area contributed by atoms with Gasteiger partial charge in [-0.25, -0.2) is 4.98 Å². The molecule has 3 aromatic rings. The number of H-pyrrole nitrogens is 1. The molecule has 1 amide bonds. The van der Waals surface area contributed by atoms with Crippen molar-refractivity contribution in [3.63, 3.8) is 0 Å². The summed E-state index contributed by atoms with van der Waals surface area (Å²) in [5.41, 5.74) is 1.60. The van der Waals surface area contributed by atoms with Gasteiger partial charge < -0.3 is 15.6 Å². The first kappa shape index (κ1) is 16.6. The predicted molar refractivity (Wildman–Crippen MR) is 95.2 cm³/mol. The Bertz CT molecular complexity index is 933. The second kappa shape index (κ2) is 7.12. The topological polar surface area (TPSA) is 91.5 Å². The Morgan fingerprint density at radius 1 is 1.38 bits per heavy atom. The lowest BCUT2D eigenvalue weighted by molar-refractivity contribution is -0.661. The molecule has 0 saturated carbocycles. The van der Waals surface area contributed by atoms with E-state index in [1.54, 1.807) is 24.5 Å².